The van der Waals surface area contributed by atoms with Crippen molar-refractivity contribution in [3.8, 4) is 16.9 Å². The molecule has 2 saturated carbocycles. The molecule has 0 radical (unpaired) electrons. The first-order valence-electron chi connectivity index (χ1n) is 13.5. The van der Waals surface area contributed by atoms with Crippen LogP contribution in [0.3, 0.4) is 0 Å². The predicted octanol–water partition coefficient (Wildman–Crippen LogP) is 7.23. The fraction of sp³-hybridized carbons (Fsp3) is 0.387. The minimum Gasteiger partial charge on any atom is -0.478 e. The number of nitrogens with zero attached hydrogens (tertiary/aromatic N) is 1. The molecule has 2 N–H and O–H groups in total. The lowest BCUT2D eigenvalue weighted by Crippen LogP contribution is -2.29. The molecule has 3 aromatic rings. The highest BCUT2D eigenvalue weighted by atomic mass is 19.4. The lowest BCUT2D eigenvalue weighted by atomic mass is 9.83. The Bertz CT molecular complexity index is 1380. The number of ether oxygens (including phenoxy) is 1. The number of halogens is 3. The number of carbonyl (C=O) groups is 2. The number of carbonyl (C=O) groups excluding carboxylic acids is 1. The number of alkyl halides is 3. The van der Waals surface area contributed by atoms with Crippen LogP contribution in [0.4, 0.5) is 18.9 Å². The molecule has 1 amide bonds. The van der Waals surface area contributed by atoms with Gasteiger partial charge in [0.1, 0.15) is 5.75 Å². The smallest absolute Gasteiger partial charge is 0.417 e. The molecule has 40 heavy (non-hydrogen) atoms. The highest BCUT2D eigenvalue weighted by Gasteiger charge is 2.39. The van der Waals surface area contributed by atoms with Crippen molar-refractivity contribution in [3.05, 3.63) is 77.6 Å². The first-order valence-corrected chi connectivity index (χ1v) is 13.5. The van der Waals surface area contributed by atoms with Crippen LogP contribution in [-0.2, 0) is 15.8 Å². The summed E-state index contributed by atoms with van der Waals surface area (Å²) < 4.78 is 45.3. The van der Waals surface area contributed by atoms with Gasteiger partial charge in [0.25, 0.3) is 0 Å². The lowest BCUT2D eigenvalue weighted by molar-refractivity contribution is -0.146. The van der Waals surface area contributed by atoms with E-state index < -0.39 is 29.7 Å². The monoisotopic (exact) mass is 552 g/mol. The largest absolute Gasteiger partial charge is 0.478 e. The van der Waals surface area contributed by atoms with E-state index in [0.717, 1.165) is 56.4 Å². The molecule has 1 heterocycles. The Balaban J connectivity index is 1.38. The summed E-state index contributed by atoms with van der Waals surface area (Å²) in [6, 6.07) is 13.3. The molecule has 0 saturated heterocycles. The van der Waals surface area contributed by atoms with E-state index in [1.165, 1.54) is 6.20 Å². The van der Waals surface area contributed by atoms with Gasteiger partial charge >= 0.3 is 12.1 Å². The minimum absolute atomic E-state index is 0.00316. The molecule has 9 heteroatoms. The number of carboxylic acid groups (broad SMARTS) is 1. The number of rotatable bonds is 9. The van der Waals surface area contributed by atoms with Gasteiger partial charge in [-0.15, -0.1) is 0 Å². The highest BCUT2D eigenvalue weighted by Crippen LogP contribution is 2.40. The summed E-state index contributed by atoms with van der Waals surface area (Å²) >= 11 is 0. The van der Waals surface area contributed by atoms with Crippen LogP contribution >= 0.6 is 0 Å². The van der Waals surface area contributed by atoms with E-state index in [9.17, 15) is 27.9 Å². The first kappa shape index (κ1) is 27.7. The third-order valence-electron chi connectivity index (χ3n) is 7.91. The molecule has 2 aliphatic rings. The zero-order valence-electron chi connectivity index (χ0n) is 22.1. The standard InChI is InChI=1S/C31H31F3N2O4/c1-18-25(7-4-8-26(18)40-28(30(38)39)22-13-14-22)36-29(37)27(20-5-2-3-6-20)21-11-9-19(10-12-21)23-15-24(17-35-16-23)31(32,33)34/h4,7-12,15-17,20,22,27-28H,2-3,5-6,13-14H2,1H3,(H,36,37)(H,38,39). The van der Waals surface area contributed by atoms with Crippen molar-refractivity contribution in [1.29, 1.82) is 0 Å². The van der Waals surface area contributed by atoms with Crippen LogP contribution in [0.1, 0.15) is 61.1 Å². The van der Waals surface area contributed by atoms with E-state index in [-0.39, 0.29) is 17.7 Å². The second kappa shape index (κ2) is 11.3. The van der Waals surface area contributed by atoms with E-state index in [2.05, 4.69) is 10.3 Å². The van der Waals surface area contributed by atoms with Gasteiger partial charge in [-0.1, -0.05) is 43.2 Å². The topological polar surface area (TPSA) is 88.5 Å². The molecule has 0 bridgehead atoms. The zero-order valence-corrected chi connectivity index (χ0v) is 22.1. The number of benzene rings is 2. The summed E-state index contributed by atoms with van der Waals surface area (Å²) in [5.74, 6) is -1.07. The average Bonchev–Trinajstić information content (AvgIpc) is 3.63. The number of hydrogen-bond donors (Lipinski definition) is 2. The van der Waals surface area contributed by atoms with Crippen molar-refractivity contribution in [2.75, 3.05) is 5.32 Å². The molecule has 2 unspecified atom stereocenters. The van der Waals surface area contributed by atoms with Gasteiger partial charge in [0.15, 0.2) is 6.10 Å². The van der Waals surface area contributed by atoms with Crippen LogP contribution in [0.15, 0.2) is 60.9 Å². The maximum Gasteiger partial charge on any atom is 0.417 e. The van der Waals surface area contributed by atoms with E-state index in [0.29, 0.717) is 28.1 Å². The van der Waals surface area contributed by atoms with E-state index in [1.54, 1.807) is 49.4 Å². The number of pyridine rings is 1. The Morgan fingerprint density at radius 1 is 0.975 bits per heavy atom. The van der Waals surface area contributed by atoms with Gasteiger partial charge in [-0.05, 0) is 67.9 Å². The second-order valence-corrected chi connectivity index (χ2v) is 10.7. The Morgan fingerprint density at radius 2 is 1.68 bits per heavy atom. The summed E-state index contributed by atoms with van der Waals surface area (Å²) in [6.45, 7) is 1.79. The summed E-state index contributed by atoms with van der Waals surface area (Å²) in [5.41, 5.74) is 2.11. The summed E-state index contributed by atoms with van der Waals surface area (Å²) in [4.78, 5) is 29.2. The molecule has 1 aromatic heterocycles. The van der Waals surface area contributed by atoms with Crippen LogP contribution in [-0.4, -0.2) is 28.1 Å². The molecule has 2 fully saturated rings. The van der Waals surface area contributed by atoms with Gasteiger partial charge in [-0.25, -0.2) is 4.79 Å². The fourth-order valence-electron chi connectivity index (χ4n) is 5.54. The van der Waals surface area contributed by atoms with Gasteiger partial charge in [-0.2, -0.15) is 13.2 Å². The quantitative estimate of drug-likeness (QED) is 0.292. The Morgan fingerprint density at radius 3 is 2.30 bits per heavy atom. The minimum atomic E-state index is -4.48. The summed E-state index contributed by atoms with van der Waals surface area (Å²) in [7, 11) is 0. The normalized spacial score (nSPS) is 17.3. The van der Waals surface area contributed by atoms with Crippen molar-refractivity contribution >= 4 is 17.6 Å². The molecule has 0 spiro atoms. The molecule has 0 aliphatic heterocycles. The summed E-state index contributed by atoms with van der Waals surface area (Å²) in [5, 5.41) is 12.6. The Hall–Kier alpha value is -3.88. The van der Waals surface area contributed by atoms with Crippen molar-refractivity contribution in [1.82, 2.24) is 4.98 Å². The lowest BCUT2D eigenvalue weighted by Gasteiger charge is -2.24. The molecule has 2 atom stereocenters. The van der Waals surface area contributed by atoms with Gasteiger partial charge < -0.3 is 15.2 Å². The number of aromatic nitrogens is 1. The summed E-state index contributed by atoms with van der Waals surface area (Å²) in [6.07, 6.45) is 2.29. The third kappa shape index (κ3) is 6.13. The molecular formula is C31H31F3N2O4. The average molecular weight is 553 g/mol. The van der Waals surface area contributed by atoms with Gasteiger partial charge in [-0.3, -0.25) is 9.78 Å². The van der Waals surface area contributed by atoms with Crippen LogP contribution in [0.2, 0.25) is 0 Å². The number of anilines is 1. The Labute approximate surface area is 230 Å². The molecule has 210 valence electrons. The van der Waals surface area contributed by atoms with E-state index in [1.807, 2.05) is 0 Å². The first-order chi connectivity index (χ1) is 19.1. The number of amides is 1. The molecule has 6 nitrogen and oxygen atoms in total. The van der Waals surface area contributed by atoms with Crippen LogP contribution in [0.5, 0.6) is 5.75 Å². The zero-order chi connectivity index (χ0) is 28.4. The van der Waals surface area contributed by atoms with Crippen molar-refractivity contribution in [2.24, 2.45) is 11.8 Å². The van der Waals surface area contributed by atoms with Gasteiger partial charge in [0, 0.05) is 35.1 Å². The molecule has 2 aliphatic carbocycles. The van der Waals surface area contributed by atoms with Crippen LogP contribution in [0, 0.1) is 18.8 Å². The number of hydrogen-bond acceptors (Lipinski definition) is 4. The Kier molecular flexibility index (Phi) is 7.83. The van der Waals surface area contributed by atoms with Crippen molar-refractivity contribution in [2.45, 2.75) is 63.6 Å². The van der Waals surface area contributed by atoms with Crippen LogP contribution < -0.4 is 10.1 Å². The molecular weight excluding hydrogens is 521 g/mol. The fourth-order valence-corrected chi connectivity index (χ4v) is 5.54. The van der Waals surface area contributed by atoms with Gasteiger partial charge in [0.2, 0.25) is 5.91 Å². The van der Waals surface area contributed by atoms with Crippen molar-refractivity contribution in [3.63, 3.8) is 0 Å². The van der Waals surface area contributed by atoms with Crippen LogP contribution in [0.25, 0.3) is 11.1 Å². The number of carboxylic acids is 1. The van der Waals surface area contributed by atoms with E-state index >= 15 is 0 Å². The third-order valence-corrected chi connectivity index (χ3v) is 7.91. The molecule has 2 aromatic carbocycles. The molecule has 5 rings (SSSR count). The maximum absolute atomic E-state index is 13.7. The predicted molar refractivity (Wildman–Crippen MR) is 144 cm³/mol. The number of nitrogens with one attached hydrogen (secondary N) is 1. The maximum atomic E-state index is 13.7. The van der Waals surface area contributed by atoms with Crippen molar-refractivity contribution < 1.29 is 32.6 Å². The van der Waals surface area contributed by atoms with E-state index in [4.69, 9.17) is 4.74 Å². The second-order valence-electron chi connectivity index (χ2n) is 10.7. The van der Waals surface area contributed by atoms with Gasteiger partial charge in [0.05, 0.1) is 11.5 Å². The highest BCUT2D eigenvalue weighted by molar-refractivity contribution is 5.97. The SMILES string of the molecule is Cc1c(NC(=O)C(c2ccc(-c3cncc(C(F)(F)F)c3)cc2)C2CCCC2)cccc1OC(C(=O)O)C1CC1. The number of aliphatic carboxylic acids is 1.